The van der Waals surface area contributed by atoms with E-state index < -0.39 is 0 Å². The summed E-state index contributed by atoms with van der Waals surface area (Å²) >= 11 is 1.49. The van der Waals surface area contributed by atoms with Gasteiger partial charge in [0.15, 0.2) is 0 Å². The number of carbonyl (C=O) groups excluding carboxylic acids is 1. The molecule has 0 aliphatic carbocycles. The molecule has 2 aromatic heterocycles. The normalized spacial score (nSPS) is 15.3. The zero-order chi connectivity index (χ0) is 21.8. The topological polar surface area (TPSA) is 66.6 Å². The molecule has 3 aromatic rings. The number of piperazine rings is 1. The molecule has 3 heterocycles. The Balaban J connectivity index is 1.34. The number of fused-ring (bicyclic) bond motifs is 1. The van der Waals surface area contributed by atoms with E-state index in [-0.39, 0.29) is 5.91 Å². The highest BCUT2D eigenvalue weighted by Crippen LogP contribution is 2.18. The number of aryl methyl sites for hydroxylation is 2. The third kappa shape index (κ3) is 4.97. The molecule has 1 aromatic carbocycles. The van der Waals surface area contributed by atoms with Crippen molar-refractivity contribution in [3.8, 4) is 0 Å². The first kappa shape index (κ1) is 21.5. The first-order chi connectivity index (χ1) is 15.0. The fourth-order valence-corrected chi connectivity index (χ4v) is 4.21. The van der Waals surface area contributed by atoms with Crippen molar-refractivity contribution < 1.29 is 4.79 Å². The summed E-state index contributed by atoms with van der Waals surface area (Å²) in [5.41, 5.74) is 3.95. The number of carbonyl (C=O) groups is 1. The largest absolute Gasteiger partial charge is 0.340 e. The molecular formula is C23H28N6OS. The van der Waals surface area contributed by atoms with E-state index >= 15 is 0 Å². The molecule has 31 heavy (non-hydrogen) atoms. The first-order valence-electron chi connectivity index (χ1n) is 10.5. The van der Waals surface area contributed by atoms with Gasteiger partial charge in [-0.1, -0.05) is 54.2 Å². The Kier molecular flexibility index (Phi) is 6.67. The van der Waals surface area contributed by atoms with Crippen molar-refractivity contribution in [2.75, 3.05) is 39.0 Å². The minimum absolute atomic E-state index is 0.150. The van der Waals surface area contributed by atoms with Crippen LogP contribution in [0.3, 0.4) is 0 Å². The minimum Gasteiger partial charge on any atom is -0.340 e. The van der Waals surface area contributed by atoms with Gasteiger partial charge in [0.25, 0.3) is 5.78 Å². The van der Waals surface area contributed by atoms with Crippen LogP contribution in [0.4, 0.5) is 0 Å². The summed E-state index contributed by atoms with van der Waals surface area (Å²) in [5, 5.41) is 5.17. The van der Waals surface area contributed by atoms with E-state index in [4.69, 9.17) is 0 Å². The number of thioether (sulfide) groups is 1. The zero-order valence-electron chi connectivity index (χ0n) is 18.3. The molecule has 0 unspecified atom stereocenters. The van der Waals surface area contributed by atoms with Crippen LogP contribution in [0.15, 0.2) is 41.6 Å². The van der Waals surface area contributed by atoms with Gasteiger partial charge >= 0.3 is 0 Å². The highest BCUT2D eigenvalue weighted by molar-refractivity contribution is 7.98. The van der Waals surface area contributed by atoms with E-state index in [2.05, 4.69) is 44.3 Å². The lowest BCUT2D eigenvalue weighted by Gasteiger charge is -2.34. The lowest BCUT2D eigenvalue weighted by Crippen LogP contribution is -2.49. The second-order valence-corrected chi connectivity index (χ2v) is 8.52. The van der Waals surface area contributed by atoms with Crippen molar-refractivity contribution >= 4 is 29.5 Å². The Morgan fingerprint density at radius 1 is 1.10 bits per heavy atom. The molecular weight excluding hydrogens is 408 g/mol. The number of aromatic nitrogens is 4. The van der Waals surface area contributed by atoms with Gasteiger partial charge in [0.1, 0.15) is 0 Å². The zero-order valence-corrected chi connectivity index (χ0v) is 19.1. The molecule has 0 N–H and O–H groups in total. The van der Waals surface area contributed by atoms with Crippen LogP contribution >= 0.6 is 11.8 Å². The number of hydrogen-bond donors (Lipinski definition) is 0. The molecule has 0 bridgehead atoms. The highest BCUT2D eigenvalue weighted by atomic mass is 32.2. The summed E-state index contributed by atoms with van der Waals surface area (Å²) in [4.78, 5) is 26.3. The van der Waals surface area contributed by atoms with Crippen LogP contribution in [0.5, 0.6) is 0 Å². The van der Waals surface area contributed by atoms with Crippen LogP contribution < -0.4 is 0 Å². The molecule has 162 valence electrons. The van der Waals surface area contributed by atoms with Crippen LogP contribution in [-0.4, -0.2) is 74.3 Å². The van der Waals surface area contributed by atoms with Gasteiger partial charge in [-0.05, 0) is 25.7 Å². The second kappa shape index (κ2) is 9.62. The third-order valence-electron chi connectivity index (χ3n) is 5.74. The fraction of sp³-hybridized carbons (Fsp3) is 0.391. The van der Waals surface area contributed by atoms with Crippen molar-refractivity contribution in [1.29, 1.82) is 0 Å². The summed E-state index contributed by atoms with van der Waals surface area (Å²) in [6, 6.07) is 10.3. The standard InChI is InChI=1S/C23H28N6OS/c1-17-20(18(2)29-22(24-17)25-23(26-29)31-3)16-21(30)28-14-12-27(13-15-28)11-7-10-19-8-5-4-6-9-19/h4-10H,11-16H2,1-3H3/b10-7+. The molecule has 7 nitrogen and oxygen atoms in total. The maximum atomic E-state index is 13.0. The Bertz CT molecular complexity index is 1090. The number of benzene rings is 1. The van der Waals surface area contributed by atoms with Gasteiger partial charge in [-0.2, -0.15) is 4.98 Å². The molecule has 1 amide bonds. The van der Waals surface area contributed by atoms with E-state index in [9.17, 15) is 4.79 Å². The number of hydrogen-bond acceptors (Lipinski definition) is 6. The molecule has 8 heteroatoms. The Morgan fingerprint density at radius 3 is 2.55 bits per heavy atom. The molecule has 0 spiro atoms. The van der Waals surface area contributed by atoms with Crippen molar-refractivity contribution in [2.24, 2.45) is 0 Å². The van der Waals surface area contributed by atoms with E-state index in [0.29, 0.717) is 17.4 Å². The van der Waals surface area contributed by atoms with Crippen molar-refractivity contribution in [3.63, 3.8) is 0 Å². The first-order valence-corrected chi connectivity index (χ1v) is 11.8. The smallest absolute Gasteiger partial charge is 0.253 e. The predicted octanol–water partition coefficient (Wildman–Crippen LogP) is 2.86. The van der Waals surface area contributed by atoms with Crippen LogP contribution in [0.2, 0.25) is 0 Å². The lowest BCUT2D eigenvalue weighted by molar-refractivity contribution is -0.132. The van der Waals surface area contributed by atoms with Gasteiger partial charge in [0, 0.05) is 49.7 Å². The van der Waals surface area contributed by atoms with Gasteiger partial charge < -0.3 is 4.90 Å². The van der Waals surface area contributed by atoms with E-state index in [1.165, 1.54) is 17.3 Å². The van der Waals surface area contributed by atoms with Gasteiger partial charge in [0.05, 0.1) is 6.42 Å². The Morgan fingerprint density at radius 2 is 1.84 bits per heavy atom. The Hall–Kier alpha value is -2.71. The molecule has 0 atom stereocenters. The molecule has 1 aliphatic heterocycles. The summed E-state index contributed by atoms with van der Waals surface area (Å²) in [5.74, 6) is 0.741. The van der Waals surface area contributed by atoms with Crippen LogP contribution in [-0.2, 0) is 11.2 Å². The summed E-state index contributed by atoms with van der Waals surface area (Å²) in [6.07, 6.45) is 6.64. The summed E-state index contributed by atoms with van der Waals surface area (Å²) in [6.45, 7) is 8.12. The quantitative estimate of drug-likeness (QED) is 0.554. The van der Waals surface area contributed by atoms with Crippen LogP contribution in [0.1, 0.15) is 22.5 Å². The van der Waals surface area contributed by atoms with E-state index in [1.807, 2.05) is 43.2 Å². The second-order valence-electron chi connectivity index (χ2n) is 7.74. The summed E-state index contributed by atoms with van der Waals surface area (Å²) < 4.78 is 1.75. The maximum absolute atomic E-state index is 13.0. The van der Waals surface area contributed by atoms with Crippen LogP contribution in [0.25, 0.3) is 11.9 Å². The predicted molar refractivity (Wildman–Crippen MR) is 124 cm³/mol. The molecule has 1 aliphatic rings. The monoisotopic (exact) mass is 436 g/mol. The molecule has 1 saturated heterocycles. The van der Waals surface area contributed by atoms with Crippen LogP contribution in [0, 0.1) is 13.8 Å². The minimum atomic E-state index is 0.150. The molecule has 4 rings (SSSR count). The summed E-state index contributed by atoms with van der Waals surface area (Å²) in [7, 11) is 0. The molecule has 0 radical (unpaired) electrons. The number of nitrogens with zero attached hydrogens (tertiary/aromatic N) is 6. The van der Waals surface area contributed by atoms with Crippen molar-refractivity contribution in [3.05, 3.63) is 58.9 Å². The van der Waals surface area contributed by atoms with E-state index in [1.54, 1.807) is 4.52 Å². The van der Waals surface area contributed by atoms with Gasteiger partial charge in [-0.25, -0.2) is 9.50 Å². The number of amides is 1. The fourth-order valence-electron chi connectivity index (χ4n) is 3.88. The van der Waals surface area contributed by atoms with Gasteiger partial charge in [0.2, 0.25) is 11.1 Å². The number of rotatable bonds is 6. The average Bonchev–Trinajstić information content (AvgIpc) is 3.21. The average molecular weight is 437 g/mol. The van der Waals surface area contributed by atoms with Crippen molar-refractivity contribution in [1.82, 2.24) is 29.4 Å². The van der Waals surface area contributed by atoms with Gasteiger partial charge in [-0.3, -0.25) is 9.69 Å². The molecule has 0 saturated carbocycles. The van der Waals surface area contributed by atoms with E-state index in [0.717, 1.165) is 49.7 Å². The highest BCUT2D eigenvalue weighted by Gasteiger charge is 2.23. The van der Waals surface area contributed by atoms with Crippen molar-refractivity contribution in [2.45, 2.75) is 25.4 Å². The molecule has 1 fully saturated rings. The van der Waals surface area contributed by atoms with Gasteiger partial charge in [-0.15, -0.1) is 5.10 Å². The Labute approximate surface area is 187 Å². The lowest BCUT2D eigenvalue weighted by atomic mass is 10.1. The maximum Gasteiger partial charge on any atom is 0.253 e. The third-order valence-corrected chi connectivity index (χ3v) is 6.28. The SMILES string of the molecule is CSc1nc2nc(C)c(CC(=O)N3CCN(C/C=C/c4ccccc4)CC3)c(C)n2n1.